The molecule has 1 amide bonds. The monoisotopic (exact) mass is 450 g/mol. The van der Waals surface area contributed by atoms with E-state index >= 15 is 0 Å². The highest BCUT2D eigenvalue weighted by Crippen LogP contribution is 2.51. The number of primary amides is 1. The van der Waals surface area contributed by atoms with Gasteiger partial charge in [0.2, 0.25) is 5.91 Å². The van der Waals surface area contributed by atoms with Crippen LogP contribution < -0.4 is 5.73 Å². The zero-order valence-corrected chi connectivity index (χ0v) is 17.1. The number of phenolic OH excluding ortho intramolecular Hbond substituents is 1. The lowest BCUT2D eigenvalue weighted by atomic mass is 9.52. The highest BCUT2D eigenvalue weighted by molar-refractivity contribution is 6.32. The molecule has 2 saturated carbocycles. The lowest BCUT2D eigenvalue weighted by molar-refractivity contribution is -0.181. The summed E-state index contributed by atoms with van der Waals surface area (Å²) in [5, 5.41) is 21.3. The van der Waals surface area contributed by atoms with E-state index in [9.17, 15) is 43.0 Å². The molecule has 0 heterocycles. The van der Waals surface area contributed by atoms with E-state index in [-0.39, 0.29) is 18.4 Å². The fourth-order valence-corrected chi connectivity index (χ4v) is 5.60. The molecule has 3 aliphatic rings. The molecule has 6 unspecified atom stereocenters. The van der Waals surface area contributed by atoms with Gasteiger partial charge in [-0.05, 0) is 32.9 Å². The minimum Gasteiger partial charge on any atom is -0.504 e. The van der Waals surface area contributed by atoms with E-state index in [0.29, 0.717) is 6.07 Å². The molecule has 6 atom stereocenters. The number of carbonyl (C=O) groups excluding carboxylic acids is 5. The first-order valence-corrected chi connectivity index (χ1v) is 9.88. The van der Waals surface area contributed by atoms with Gasteiger partial charge >= 0.3 is 0 Å². The van der Waals surface area contributed by atoms with Crippen LogP contribution in [0.5, 0.6) is 5.75 Å². The molecule has 0 aromatic heterocycles. The van der Waals surface area contributed by atoms with Gasteiger partial charge in [-0.1, -0.05) is 0 Å². The van der Waals surface area contributed by atoms with Crippen LogP contribution in [0.1, 0.15) is 22.3 Å². The fourth-order valence-electron chi connectivity index (χ4n) is 5.60. The lowest BCUT2D eigenvalue weighted by Crippen LogP contribution is -2.74. The number of nitrogens with zero attached hydrogens (tertiary/aromatic N) is 1. The van der Waals surface area contributed by atoms with Crippen molar-refractivity contribution in [2.75, 3.05) is 14.1 Å². The van der Waals surface area contributed by atoms with Crippen molar-refractivity contribution in [2.45, 2.75) is 24.5 Å². The lowest BCUT2D eigenvalue weighted by Gasteiger charge is -2.52. The van der Waals surface area contributed by atoms with Crippen molar-refractivity contribution in [3.63, 3.8) is 0 Å². The zero-order chi connectivity index (χ0) is 23.9. The Morgan fingerprint density at radius 3 is 2.34 bits per heavy atom. The molecule has 9 nitrogen and oxygen atoms in total. The fraction of sp³-hybridized carbons (Fsp3) is 0.476. The summed E-state index contributed by atoms with van der Waals surface area (Å²) < 4.78 is 28.3. The van der Waals surface area contributed by atoms with Crippen LogP contribution in [-0.4, -0.2) is 69.9 Å². The number of likely N-dealkylation sites (N-methyl/N-ethyl adjacent to an activating group) is 1. The van der Waals surface area contributed by atoms with Gasteiger partial charge in [0.15, 0.2) is 46.2 Å². The molecule has 2 fully saturated rings. The molecule has 4 N–H and O–H groups in total. The Morgan fingerprint density at radius 2 is 1.78 bits per heavy atom. The SMILES string of the molecule is CN(C)C1C(=O)C(C(N)=O)C(=O)C2(O)C(=O)C3C(=O)c4c(O)c(F)cc(F)c4CC3CC12. The van der Waals surface area contributed by atoms with Crippen molar-refractivity contribution in [1.29, 1.82) is 0 Å². The van der Waals surface area contributed by atoms with Gasteiger partial charge in [0.05, 0.1) is 17.5 Å². The van der Waals surface area contributed by atoms with Crippen LogP contribution in [0.25, 0.3) is 0 Å². The number of phenols is 1. The third-order valence-corrected chi connectivity index (χ3v) is 6.96. The Balaban J connectivity index is 1.89. The first-order chi connectivity index (χ1) is 14.8. The van der Waals surface area contributed by atoms with Gasteiger partial charge in [-0.25, -0.2) is 8.78 Å². The number of benzene rings is 1. The topological polar surface area (TPSA) is 155 Å². The first kappa shape index (κ1) is 22.2. The molecule has 0 aliphatic heterocycles. The number of hydrogen-bond acceptors (Lipinski definition) is 8. The van der Waals surface area contributed by atoms with E-state index in [2.05, 4.69) is 0 Å². The molecular formula is C21H20F2N2O7. The predicted molar refractivity (Wildman–Crippen MR) is 101 cm³/mol. The number of amides is 1. The maximum absolute atomic E-state index is 14.4. The van der Waals surface area contributed by atoms with Crippen LogP contribution in [0.3, 0.4) is 0 Å². The van der Waals surface area contributed by atoms with Crippen molar-refractivity contribution < 1.29 is 43.0 Å². The molecular weight excluding hydrogens is 430 g/mol. The van der Waals surface area contributed by atoms with Crippen molar-refractivity contribution in [2.24, 2.45) is 29.4 Å². The number of nitrogens with two attached hydrogens (primary N) is 1. The zero-order valence-electron chi connectivity index (χ0n) is 17.1. The summed E-state index contributed by atoms with van der Waals surface area (Å²) in [4.78, 5) is 65.6. The molecule has 0 bridgehead atoms. The van der Waals surface area contributed by atoms with Crippen molar-refractivity contribution in [3.05, 3.63) is 28.8 Å². The Kier molecular flexibility index (Phi) is 4.83. The van der Waals surface area contributed by atoms with Gasteiger partial charge in [0.1, 0.15) is 5.82 Å². The molecule has 1 aromatic carbocycles. The van der Waals surface area contributed by atoms with Crippen LogP contribution in [-0.2, 0) is 25.6 Å². The smallest absolute Gasteiger partial charge is 0.235 e. The van der Waals surface area contributed by atoms with Gasteiger partial charge in [-0.2, -0.15) is 0 Å². The van der Waals surface area contributed by atoms with E-state index in [1.807, 2.05) is 0 Å². The van der Waals surface area contributed by atoms with Crippen molar-refractivity contribution in [1.82, 2.24) is 4.90 Å². The third kappa shape index (κ3) is 2.64. The summed E-state index contributed by atoms with van der Waals surface area (Å²) >= 11 is 0. The normalized spacial score (nSPS) is 34.2. The summed E-state index contributed by atoms with van der Waals surface area (Å²) in [6.07, 6.45) is -0.465. The Hall–Kier alpha value is -3.05. The van der Waals surface area contributed by atoms with Crippen LogP contribution in [0, 0.1) is 35.3 Å². The second-order valence-corrected chi connectivity index (χ2v) is 8.83. The molecule has 4 rings (SSSR count). The highest BCUT2D eigenvalue weighted by Gasteiger charge is 2.69. The molecule has 170 valence electrons. The van der Waals surface area contributed by atoms with E-state index in [0.717, 1.165) is 0 Å². The quantitative estimate of drug-likeness (QED) is 0.492. The summed E-state index contributed by atoms with van der Waals surface area (Å²) in [5.41, 5.74) is 1.34. The van der Waals surface area contributed by atoms with Crippen molar-refractivity contribution >= 4 is 29.0 Å². The number of halogens is 2. The molecule has 11 heteroatoms. The molecule has 0 spiro atoms. The average molecular weight is 450 g/mol. The minimum atomic E-state index is -2.88. The number of aromatic hydroxyl groups is 1. The first-order valence-electron chi connectivity index (χ1n) is 9.88. The maximum Gasteiger partial charge on any atom is 0.235 e. The second kappa shape index (κ2) is 6.97. The number of Topliss-reactive ketones (excluding diaryl/α,β-unsaturated/α-hetero) is 4. The minimum absolute atomic E-state index is 0.207. The Labute approximate surface area is 180 Å². The predicted octanol–water partition coefficient (Wildman–Crippen LogP) is -0.855. The maximum atomic E-state index is 14.4. The molecule has 0 radical (unpaired) electrons. The van der Waals surface area contributed by atoms with E-state index in [1.54, 1.807) is 0 Å². The number of ketones is 4. The van der Waals surface area contributed by atoms with Crippen LogP contribution in [0.4, 0.5) is 8.78 Å². The Bertz CT molecular complexity index is 1120. The van der Waals surface area contributed by atoms with Crippen LogP contribution in [0.2, 0.25) is 0 Å². The van der Waals surface area contributed by atoms with Gasteiger partial charge in [0, 0.05) is 17.5 Å². The van der Waals surface area contributed by atoms with Gasteiger partial charge in [0.25, 0.3) is 0 Å². The average Bonchev–Trinajstić information content (AvgIpc) is 2.68. The Morgan fingerprint density at radius 1 is 1.16 bits per heavy atom. The van der Waals surface area contributed by atoms with Crippen LogP contribution in [0.15, 0.2) is 6.07 Å². The number of carbonyl (C=O) groups is 5. The number of hydrogen-bond donors (Lipinski definition) is 3. The van der Waals surface area contributed by atoms with E-state index in [1.165, 1.54) is 19.0 Å². The molecule has 3 aliphatic carbocycles. The number of rotatable bonds is 2. The molecule has 32 heavy (non-hydrogen) atoms. The van der Waals surface area contributed by atoms with Gasteiger partial charge in [-0.3, -0.25) is 28.9 Å². The van der Waals surface area contributed by atoms with E-state index in [4.69, 9.17) is 5.73 Å². The third-order valence-electron chi connectivity index (χ3n) is 6.96. The summed E-state index contributed by atoms with van der Waals surface area (Å²) in [7, 11) is 2.91. The molecule has 1 aromatic rings. The van der Waals surface area contributed by atoms with Gasteiger partial charge < -0.3 is 15.9 Å². The second-order valence-electron chi connectivity index (χ2n) is 8.83. The summed E-state index contributed by atoms with van der Waals surface area (Å²) in [6, 6.07) is -0.820. The van der Waals surface area contributed by atoms with Gasteiger partial charge in [-0.15, -0.1) is 0 Å². The largest absolute Gasteiger partial charge is 0.504 e. The summed E-state index contributed by atoms with van der Waals surface area (Å²) in [5.74, 6) is -15.6. The van der Waals surface area contributed by atoms with Crippen molar-refractivity contribution in [3.8, 4) is 5.75 Å². The van der Waals surface area contributed by atoms with Crippen LogP contribution >= 0.6 is 0 Å². The highest BCUT2D eigenvalue weighted by atomic mass is 19.1. The molecule has 0 saturated heterocycles. The summed E-state index contributed by atoms with van der Waals surface area (Å²) in [6.45, 7) is 0. The van der Waals surface area contributed by atoms with E-state index < -0.39 is 87.3 Å². The standard InChI is InChI=1S/C21H20F2N2O7/c1-25(2)14-8-4-6-3-7-9(22)5-10(23)15(26)12(7)16(27)11(6)18(29)21(8,32)19(30)13(17(14)28)20(24)31/h5-6,8,11,13-14,26,32H,3-4H2,1-2H3,(H2,24,31). The number of fused-ring (bicyclic) bond motifs is 3. The number of aliphatic hydroxyl groups is 1.